The molecule has 0 fully saturated rings. The van der Waals surface area contributed by atoms with Gasteiger partial charge in [0, 0.05) is 24.5 Å². The van der Waals surface area contributed by atoms with Crippen LogP contribution in [0.3, 0.4) is 0 Å². The molecule has 0 bridgehead atoms. The predicted molar refractivity (Wildman–Crippen MR) is 82.9 cm³/mol. The molecule has 6 heteroatoms. The van der Waals surface area contributed by atoms with E-state index in [0.717, 1.165) is 6.54 Å². The molecule has 0 aromatic heterocycles. The summed E-state index contributed by atoms with van der Waals surface area (Å²) in [7, 11) is 1.92. The fraction of sp³-hybridized carbons (Fsp3) is 0.500. The van der Waals surface area contributed by atoms with Crippen molar-refractivity contribution in [2.45, 2.75) is 25.9 Å². The molecule has 0 aliphatic heterocycles. The number of nitrogens with two attached hydrogens (primary N) is 1. The highest BCUT2D eigenvalue weighted by atomic mass is 35.5. The van der Waals surface area contributed by atoms with Crippen LogP contribution in [0.25, 0.3) is 0 Å². The van der Waals surface area contributed by atoms with Crippen molar-refractivity contribution < 1.29 is 9.90 Å². The second-order valence-corrected chi connectivity index (χ2v) is 5.41. The molecule has 0 aliphatic carbocycles. The number of anilines is 2. The number of aliphatic hydroxyl groups is 1. The van der Waals surface area contributed by atoms with Crippen molar-refractivity contribution >= 4 is 28.9 Å². The molecule has 1 unspecified atom stereocenters. The molecule has 20 heavy (non-hydrogen) atoms. The lowest BCUT2D eigenvalue weighted by Gasteiger charge is -2.17. The lowest BCUT2D eigenvalue weighted by Crippen LogP contribution is -2.27. The molecule has 1 atom stereocenters. The molecule has 1 amide bonds. The molecule has 1 aromatic rings. The van der Waals surface area contributed by atoms with Crippen LogP contribution < -0.4 is 11.1 Å². The number of nitrogens with zero attached hydrogens (tertiary/aromatic N) is 1. The SMILES string of the molecule is CC(O)CCN(C)CCC(=O)Nc1cc(Cl)ccc1N. The van der Waals surface area contributed by atoms with Crippen molar-refractivity contribution in [3.05, 3.63) is 23.2 Å². The molecule has 0 saturated carbocycles. The molecule has 0 spiro atoms. The highest BCUT2D eigenvalue weighted by Crippen LogP contribution is 2.22. The molecule has 0 heterocycles. The largest absolute Gasteiger partial charge is 0.397 e. The first-order chi connectivity index (χ1) is 9.38. The van der Waals surface area contributed by atoms with Crippen LogP contribution in [0, 0.1) is 0 Å². The number of amides is 1. The molecular weight excluding hydrogens is 278 g/mol. The topological polar surface area (TPSA) is 78.6 Å². The van der Waals surface area contributed by atoms with Gasteiger partial charge in [-0.15, -0.1) is 0 Å². The normalized spacial score (nSPS) is 12.4. The number of rotatable bonds is 7. The molecule has 0 radical (unpaired) electrons. The van der Waals surface area contributed by atoms with E-state index in [1.807, 2.05) is 11.9 Å². The fourth-order valence-electron chi connectivity index (χ4n) is 1.66. The third kappa shape index (κ3) is 6.23. The van der Waals surface area contributed by atoms with Gasteiger partial charge in [-0.3, -0.25) is 4.79 Å². The summed E-state index contributed by atoms with van der Waals surface area (Å²) in [5, 5.41) is 12.5. The Bertz CT molecular complexity index is 452. The first-order valence-electron chi connectivity index (χ1n) is 6.60. The number of carbonyl (C=O) groups excluding carboxylic acids is 1. The smallest absolute Gasteiger partial charge is 0.225 e. The zero-order valence-electron chi connectivity index (χ0n) is 11.9. The van der Waals surface area contributed by atoms with Crippen molar-refractivity contribution in [3.63, 3.8) is 0 Å². The van der Waals surface area contributed by atoms with Gasteiger partial charge in [-0.2, -0.15) is 0 Å². The number of carbonyl (C=O) groups is 1. The van der Waals surface area contributed by atoms with Crippen LogP contribution in [0.15, 0.2) is 18.2 Å². The third-order valence-electron chi connectivity index (χ3n) is 2.94. The molecule has 4 N–H and O–H groups in total. The Labute approximate surface area is 124 Å². The highest BCUT2D eigenvalue weighted by molar-refractivity contribution is 6.31. The Morgan fingerprint density at radius 2 is 2.20 bits per heavy atom. The second-order valence-electron chi connectivity index (χ2n) is 4.97. The molecule has 1 aromatic carbocycles. The van der Waals surface area contributed by atoms with Crippen LogP contribution in [0.5, 0.6) is 0 Å². The van der Waals surface area contributed by atoms with E-state index < -0.39 is 0 Å². The van der Waals surface area contributed by atoms with Crippen molar-refractivity contribution in [2.75, 3.05) is 31.2 Å². The lowest BCUT2D eigenvalue weighted by atomic mass is 10.2. The van der Waals surface area contributed by atoms with Crippen LogP contribution in [0.1, 0.15) is 19.8 Å². The van der Waals surface area contributed by atoms with Crippen LogP contribution in [-0.4, -0.2) is 42.2 Å². The molecule has 112 valence electrons. The minimum absolute atomic E-state index is 0.108. The van der Waals surface area contributed by atoms with E-state index in [9.17, 15) is 9.90 Å². The summed E-state index contributed by atoms with van der Waals surface area (Å²) in [4.78, 5) is 13.8. The highest BCUT2D eigenvalue weighted by Gasteiger charge is 2.08. The quantitative estimate of drug-likeness (QED) is 0.673. The van der Waals surface area contributed by atoms with E-state index in [1.165, 1.54) is 0 Å². The van der Waals surface area contributed by atoms with E-state index in [-0.39, 0.29) is 12.0 Å². The number of aliphatic hydroxyl groups excluding tert-OH is 1. The number of hydrogen-bond donors (Lipinski definition) is 3. The van der Waals surface area contributed by atoms with E-state index in [4.69, 9.17) is 17.3 Å². The van der Waals surface area contributed by atoms with Gasteiger partial charge in [0.25, 0.3) is 0 Å². The lowest BCUT2D eigenvalue weighted by molar-refractivity contribution is -0.116. The standard InChI is InChI=1S/C14H22ClN3O2/c1-10(19)5-7-18(2)8-6-14(20)17-13-9-11(15)3-4-12(13)16/h3-4,9-10,19H,5-8,16H2,1-2H3,(H,17,20). The minimum Gasteiger partial charge on any atom is -0.397 e. The van der Waals surface area contributed by atoms with Gasteiger partial charge in [0.05, 0.1) is 17.5 Å². The van der Waals surface area contributed by atoms with Crippen molar-refractivity contribution in [3.8, 4) is 0 Å². The fourth-order valence-corrected chi connectivity index (χ4v) is 1.83. The number of hydrogen-bond acceptors (Lipinski definition) is 4. The van der Waals surface area contributed by atoms with Crippen LogP contribution in [-0.2, 0) is 4.79 Å². The minimum atomic E-state index is -0.322. The zero-order chi connectivity index (χ0) is 15.1. The first-order valence-corrected chi connectivity index (χ1v) is 6.97. The van der Waals surface area contributed by atoms with E-state index in [0.29, 0.717) is 35.8 Å². The molecule has 1 rings (SSSR count). The maximum Gasteiger partial charge on any atom is 0.225 e. The van der Waals surface area contributed by atoms with Crippen molar-refractivity contribution in [2.24, 2.45) is 0 Å². The summed E-state index contributed by atoms with van der Waals surface area (Å²) in [5.74, 6) is -0.108. The van der Waals surface area contributed by atoms with Crippen molar-refractivity contribution in [1.82, 2.24) is 4.90 Å². The summed E-state index contributed by atoms with van der Waals surface area (Å²) in [5.41, 5.74) is 6.79. The summed E-state index contributed by atoms with van der Waals surface area (Å²) < 4.78 is 0. The molecule has 0 aliphatic rings. The maximum absolute atomic E-state index is 11.8. The van der Waals surface area contributed by atoms with Crippen LogP contribution >= 0.6 is 11.6 Å². The van der Waals surface area contributed by atoms with Crippen LogP contribution in [0.2, 0.25) is 5.02 Å². The summed E-state index contributed by atoms with van der Waals surface area (Å²) in [6.45, 7) is 3.13. The number of nitrogens with one attached hydrogen (secondary N) is 1. The summed E-state index contributed by atoms with van der Waals surface area (Å²) in [6, 6.07) is 4.97. The van der Waals surface area contributed by atoms with Gasteiger partial charge in [0.2, 0.25) is 5.91 Å². The van der Waals surface area contributed by atoms with Crippen LogP contribution in [0.4, 0.5) is 11.4 Å². The molecule has 5 nitrogen and oxygen atoms in total. The van der Waals surface area contributed by atoms with Gasteiger partial charge in [-0.1, -0.05) is 11.6 Å². The first kappa shape index (κ1) is 16.8. The van der Waals surface area contributed by atoms with Gasteiger partial charge in [-0.25, -0.2) is 0 Å². The van der Waals surface area contributed by atoms with Gasteiger partial charge in [-0.05, 0) is 38.6 Å². The summed E-state index contributed by atoms with van der Waals surface area (Å²) in [6.07, 6.45) is 0.735. The average Bonchev–Trinajstić information content (AvgIpc) is 2.38. The predicted octanol–water partition coefficient (Wildman–Crippen LogP) is 1.95. The van der Waals surface area contributed by atoms with Gasteiger partial charge < -0.3 is 21.1 Å². The monoisotopic (exact) mass is 299 g/mol. The van der Waals surface area contributed by atoms with E-state index in [2.05, 4.69) is 5.32 Å². The number of halogens is 1. The third-order valence-corrected chi connectivity index (χ3v) is 3.17. The van der Waals surface area contributed by atoms with Gasteiger partial charge in [0.1, 0.15) is 0 Å². The Balaban J connectivity index is 2.38. The van der Waals surface area contributed by atoms with Gasteiger partial charge in [0.15, 0.2) is 0 Å². The van der Waals surface area contributed by atoms with Crippen molar-refractivity contribution in [1.29, 1.82) is 0 Å². The second kappa shape index (κ2) is 8.09. The summed E-state index contributed by atoms with van der Waals surface area (Å²) >= 11 is 5.86. The maximum atomic E-state index is 11.8. The zero-order valence-corrected chi connectivity index (χ0v) is 12.7. The Morgan fingerprint density at radius 3 is 2.85 bits per heavy atom. The Hall–Kier alpha value is -1.30. The Kier molecular flexibility index (Phi) is 6.78. The molecular formula is C14H22ClN3O2. The number of benzene rings is 1. The average molecular weight is 300 g/mol. The van der Waals surface area contributed by atoms with E-state index >= 15 is 0 Å². The molecule has 0 saturated heterocycles. The van der Waals surface area contributed by atoms with Gasteiger partial charge >= 0.3 is 0 Å². The number of nitrogen functional groups attached to an aromatic ring is 1. The Morgan fingerprint density at radius 1 is 1.50 bits per heavy atom. The van der Waals surface area contributed by atoms with E-state index in [1.54, 1.807) is 25.1 Å².